The molecule has 0 fully saturated rings. The van der Waals surface area contributed by atoms with Crippen molar-refractivity contribution in [2.45, 2.75) is 18.0 Å². The highest BCUT2D eigenvalue weighted by atomic mass is 127. The fourth-order valence-electron chi connectivity index (χ4n) is 2.32. The summed E-state index contributed by atoms with van der Waals surface area (Å²) < 4.78 is 5.15. The number of ether oxygens (including phenoxy) is 1. The number of aromatic nitrogens is 1. The Hall–Kier alpha value is -1.48. The first-order valence-electron chi connectivity index (χ1n) is 7.70. The largest absolute Gasteiger partial charge is 0.481 e. The molecule has 0 bridgehead atoms. The lowest BCUT2D eigenvalue weighted by Crippen LogP contribution is -2.38. The van der Waals surface area contributed by atoms with E-state index in [1.165, 1.54) is 10.5 Å². The second-order valence-electron chi connectivity index (χ2n) is 5.31. The minimum absolute atomic E-state index is 0. The van der Waals surface area contributed by atoms with E-state index < -0.39 is 0 Å². The van der Waals surface area contributed by atoms with Gasteiger partial charge in [-0.15, -0.1) is 35.7 Å². The molecule has 136 valence electrons. The molecule has 2 rings (SSSR count). The molecule has 0 spiro atoms. The normalized spacial score (nSPS) is 10.8. The van der Waals surface area contributed by atoms with Gasteiger partial charge in [-0.1, -0.05) is 12.1 Å². The molecule has 0 saturated carbocycles. The van der Waals surface area contributed by atoms with Gasteiger partial charge in [-0.05, 0) is 35.6 Å². The van der Waals surface area contributed by atoms with Gasteiger partial charge in [-0.25, -0.2) is 4.98 Å². The van der Waals surface area contributed by atoms with Crippen LogP contribution in [0.1, 0.15) is 11.1 Å². The van der Waals surface area contributed by atoms with E-state index in [1.54, 1.807) is 32.1 Å². The van der Waals surface area contributed by atoms with E-state index in [-0.39, 0.29) is 24.0 Å². The van der Waals surface area contributed by atoms with E-state index in [4.69, 9.17) is 4.74 Å². The number of hydrogen-bond donors (Lipinski definition) is 1. The second-order valence-corrected chi connectivity index (χ2v) is 6.19. The maximum atomic E-state index is 5.15. The van der Waals surface area contributed by atoms with Crippen LogP contribution in [0.2, 0.25) is 0 Å². The van der Waals surface area contributed by atoms with Crippen LogP contribution < -0.4 is 10.1 Å². The van der Waals surface area contributed by atoms with Crippen LogP contribution in [-0.2, 0) is 13.1 Å². The molecule has 1 aromatic heterocycles. The second kappa shape index (κ2) is 11.2. The fourth-order valence-corrected chi connectivity index (χ4v) is 2.73. The Balaban J connectivity index is 0.00000312. The van der Waals surface area contributed by atoms with Crippen molar-refractivity contribution in [3.05, 3.63) is 53.7 Å². The highest BCUT2D eigenvalue weighted by Gasteiger charge is 2.07. The quantitative estimate of drug-likeness (QED) is 0.301. The number of nitrogens with one attached hydrogen (secondary N) is 1. The van der Waals surface area contributed by atoms with Crippen molar-refractivity contribution in [2.24, 2.45) is 4.99 Å². The van der Waals surface area contributed by atoms with E-state index in [0.29, 0.717) is 12.4 Å². The lowest BCUT2D eigenvalue weighted by atomic mass is 10.2. The van der Waals surface area contributed by atoms with Crippen LogP contribution in [0.4, 0.5) is 0 Å². The van der Waals surface area contributed by atoms with Crippen molar-refractivity contribution >= 4 is 41.7 Å². The maximum absolute atomic E-state index is 5.15. The molecular weight excluding hydrogens is 447 g/mol. The Morgan fingerprint density at radius 3 is 2.56 bits per heavy atom. The molecule has 1 aromatic carbocycles. The average Bonchev–Trinajstić information content (AvgIpc) is 2.63. The molecule has 0 atom stereocenters. The van der Waals surface area contributed by atoms with E-state index >= 15 is 0 Å². The zero-order valence-corrected chi connectivity index (χ0v) is 18.2. The summed E-state index contributed by atoms with van der Waals surface area (Å²) in [5, 5.41) is 3.37. The van der Waals surface area contributed by atoms with Crippen molar-refractivity contribution in [2.75, 3.05) is 27.5 Å². The van der Waals surface area contributed by atoms with E-state index in [0.717, 1.165) is 18.1 Å². The number of nitrogens with zero attached hydrogens (tertiary/aromatic N) is 3. The zero-order chi connectivity index (χ0) is 17.4. The number of aliphatic imine (C=N–C) groups is 1. The van der Waals surface area contributed by atoms with Gasteiger partial charge < -0.3 is 15.0 Å². The van der Waals surface area contributed by atoms with Gasteiger partial charge in [0.05, 0.1) is 7.11 Å². The van der Waals surface area contributed by atoms with E-state index in [2.05, 4.69) is 50.7 Å². The summed E-state index contributed by atoms with van der Waals surface area (Å²) in [5.74, 6) is 1.46. The number of hydrogen-bond acceptors (Lipinski definition) is 4. The summed E-state index contributed by atoms with van der Waals surface area (Å²) >= 11 is 1.75. The smallest absolute Gasteiger partial charge is 0.213 e. The number of thioether (sulfide) groups is 1. The first-order chi connectivity index (χ1) is 11.7. The first-order valence-corrected chi connectivity index (χ1v) is 8.92. The number of rotatable bonds is 6. The number of benzene rings is 1. The Bertz CT molecular complexity index is 679. The Kier molecular flexibility index (Phi) is 9.66. The van der Waals surface area contributed by atoms with Crippen LogP contribution in [0.3, 0.4) is 0 Å². The van der Waals surface area contributed by atoms with Crippen LogP contribution in [0.15, 0.2) is 52.5 Å². The lowest BCUT2D eigenvalue weighted by molar-refractivity contribution is 0.397. The lowest BCUT2D eigenvalue weighted by Gasteiger charge is -2.22. The van der Waals surface area contributed by atoms with Crippen LogP contribution in [-0.4, -0.2) is 43.3 Å². The molecule has 0 amide bonds. The molecule has 25 heavy (non-hydrogen) atoms. The summed E-state index contributed by atoms with van der Waals surface area (Å²) in [6.45, 7) is 1.47. The highest BCUT2D eigenvalue weighted by Crippen LogP contribution is 2.15. The van der Waals surface area contributed by atoms with Crippen molar-refractivity contribution in [3.63, 3.8) is 0 Å². The molecule has 0 unspecified atom stereocenters. The van der Waals surface area contributed by atoms with Gasteiger partial charge in [-0.2, -0.15) is 0 Å². The monoisotopic (exact) mass is 472 g/mol. The van der Waals surface area contributed by atoms with Crippen molar-refractivity contribution < 1.29 is 4.74 Å². The average molecular weight is 472 g/mol. The van der Waals surface area contributed by atoms with Crippen molar-refractivity contribution in [1.82, 2.24) is 15.2 Å². The summed E-state index contributed by atoms with van der Waals surface area (Å²) in [7, 11) is 5.45. The molecule has 5 nitrogen and oxygen atoms in total. The topological polar surface area (TPSA) is 49.8 Å². The number of halogens is 1. The predicted molar refractivity (Wildman–Crippen MR) is 116 cm³/mol. The van der Waals surface area contributed by atoms with Crippen LogP contribution in [0, 0.1) is 0 Å². The third-order valence-corrected chi connectivity index (χ3v) is 4.35. The number of guanidine groups is 1. The molecule has 0 aliphatic rings. The fraction of sp³-hybridized carbons (Fsp3) is 0.333. The minimum atomic E-state index is 0. The molecular formula is C18H25IN4OS. The number of methoxy groups -OCH3 is 1. The van der Waals surface area contributed by atoms with Crippen LogP contribution >= 0.6 is 35.7 Å². The Labute approximate surface area is 171 Å². The SMILES string of the molecule is CN=C(NCc1ccnc(OC)c1)N(C)Cc1ccc(SC)cc1.I. The van der Waals surface area contributed by atoms with Gasteiger partial charge in [0.25, 0.3) is 0 Å². The predicted octanol–water partition coefficient (Wildman–Crippen LogP) is 3.64. The molecule has 0 aliphatic carbocycles. The summed E-state index contributed by atoms with van der Waals surface area (Å²) in [6, 6.07) is 12.5. The molecule has 7 heteroatoms. The maximum Gasteiger partial charge on any atom is 0.213 e. The van der Waals surface area contributed by atoms with Gasteiger partial charge in [0.15, 0.2) is 5.96 Å². The van der Waals surface area contributed by atoms with Gasteiger partial charge in [0.2, 0.25) is 5.88 Å². The third kappa shape index (κ3) is 6.74. The van der Waals surface area contributed by atoms with Gasteiger partial charge in [0, 0.05) is 44.3 Å². The van der Waals surface area contributed by atoms with Crippen molar-refractivity contribution in [3.8, 4) is 5.88 Å². The standard InChI is InChI=1S/C18H24N4OS.HI/c1-19-18(21-12-15-9-10-20-17(11-15)23-3)22(2)13-14-5-7-16(24-4)8-6-14;/h5-11H,12-13H2,1-4H3,(H,19,21);1H. The Morgan fingerprint density at radius 1 is 1.24 bits per heavy atom. The molecule has 0 saturated heterocycles. The Morgan fingerprint density at radius 2 is 1.96 bits per heavy atom. The van der Waals surface area contributed by atoms with Crippen LogP contribution in [0.5, 0.6) is 5.88 Å². The van der Waals surface area contributed by atoms with E-state index in [1.807, 2.05) is 19.2 Å². The van der Waals surface area contributed by atoms with E-state index in [9.17, 15) is 0 Å². The first kappa shape index (κ1) is 21.6. The molecule has 0 aliphatic heterocycles. The van der Waals surface area contributed by atoms with Gasteiger partial charge in [0.1, 0.15) is 0 Å². The van der Waals surface area contributed by atoms with Gasteiger partial charge >= 0.3 is 0 Å². The van der Waals surface area contributed by atoms with Crippen molar-refractivity contribution in [1.29, 1.82) is 0 Å². The van der Waals surface area contributed by atoms with Gasteiger partial charge in [-0.3, -0.25) is 4.99 Å². The third-order valence-electron chi connectivity index (χ3n) is 3.61. The minimum Gasteiger partial charge on any atom is -0.481 e. The summed E-state index contributed by atoms with van der Waals surface area (Å²) in [5.41, 5.74) is 2.35. The molecule has 0 radical (unpaired) electrons. The molecule has 1 N–H and O–H groups in total. The molecule has 2 aromatic rings. The highest BCUT2D eigenvalue weighted by molar-refractivity contribution is 14.0. The number of pyridine rings is 1. The van der Waals surface area contributed by atoms with Crippen LogP contribution in [0.25, 0.3) is 0 Å². The molecule has 1 heterocycles. The zero-order valence-electron chi connectivity index (χ0n) is 15.0. The summed E-state index contributed by atoms with van der Waals surface area (Å²) in [4.78, 5) is 11.9. The summed E-state index contributed by atoms with van der Waals surface area (Å²) in [6.07, 6.45) is 3.83.